The van der Waals surface area contributed by atoms with Crippen LogP contribution in [0.15, 0.2) is 0 Å². The summed E-state index contributed by atoms with van der Waals surface area (Å²) in [5.74, 6) is 1.11. The molecule has 0 radical (unpaired) electrons. The van der Waals surface area contributed by atoms with Crippen LogP contribution in [-0.4, -0.2) is 36.5 Å². The van der Waals surface area contributed by atoms with E-state index in [0.29, 0.717) is 12.6 Å². The number of nitrogens with one attached hydrogen (secondary N) is 1. The van der Waals surface area contributed by atoms with Gasteiger partial charge in [0.15, 0.2) is 0 Å². The van der Waals surface area contributed by atoms with E-state index in [1.165, 1.54) is 25.7 Å². The SMILES string of the molecule is CCCN(CC(=O)NC1CC1)CC1CC1. The Morgan fingerprint density at radius 1 is 1.33 bits per heavy atom. The minimum atomic E-state index is 0.228. The summed E-state index contributed by atoms with van der Waals surface area (Å²) in [5, 5.41) is 3.06. The topological polar surface area (TPSA) is 32.3 Å². The molecule has 3 nitrogen and oxygen atoms in total. The van der Waals surface area contributed by atoms with Gasteiger partial charge in [-0.3, -0.25) is 9.69 Å². The largest absolute Gasteiger partial charge is 0.352 e. The third-order valence-corrected chi connectivity index (χ3v) is 3.06. The molecule has 0 atom stereocenters. The molecule has 3 heteroatoms. The van der Waals surface area contributed by atoms with Gasteiger partial charge in [0.2, 0.25) is 5.91 Å². The lowest BCUT2D eigenvalue weighted by molar-refractivity contribution is -0.122. The van der Waals surface area contributed by atoms with Gasteiger partial charge in [-0.1, -0.05) is 6.92 Å². The van der Waals surface area contributed by atoms with Crippen LogP contribution in [0.1, 0.15) is 39.0 Å². The Morgan fingerprint density at radius 2 is 2.07 bits per heavy atom. The Balaban J connectivity index is 1.67. The minimum Gasteiger partial charge on any atom is -0.352 e. The Hall–Kier alpha value is -0.570. The molecule has 0 heterocycles. The lowest BCUT2D eigenvalue weighted by atomic mass is 10.3. The zero-order valence-electron chi connectivity index (χ0n) is 9.67. The maximum Gasteiger partial charge on any atom is 0.234 e. The van der Waals surface area contributed by atoms with Crippen molar-refractivity contribution in [3.8, 4) is 0 Å². The monoisotopic (exact) mass is 210 g/mol. The molecule has 0 aliphatic heterocycles. The smallest absolute Gasteiger partial charge is 0.234 e. The van der Waals surface area contributed by atoms with Crippen LogP contribution in [0.3, 0.4) is 0 Å². The van der Waals surface area contributed by atoms with E-state index < -0.39 is 0 Å². The summed E-state index contributed by atoms with van der Waals surface area (Å²) < 4.78 is 0. The Bertz CT molecular complexity index is 222. The van der Waals surface area contributed by atoms with Gasteiger partial charge in [0.05, 0.1) is 6.54 Å². The van der Waals surface area contributed by atoms with E-state index in [1.54, 1.807) is 0 Å². The average molecular weight is 210 g/mol. The second-order valence-electron chi connectivity index (χ2n) is 5.02. The lowest BCUT2D eigenvalue weighted by Gasteiger charge is -2.20. The number of nitrogens with zero attached hydrogens (tertiary/aromatic N) is 1. The first-order chi connectivity index (χ1) is 7.28. The van der Waals surface area contributed by atoms with Crippen LogP contribution in [0, 0.1) is 5.92 Å². The Kier molecular flexibility index (Phi) is 3.62. The van der Waals surface area contributed by atoms with Crippen LogP contribution in [-0.2, 0) is 4.79 Å². The molecule has 0 aromatic carbocycles. The number of rotatable bonds is 7. The van der Waals surface area contributed by atoms with E-state index in [9.17, 15) is 4.79 Å². The Morgan fingerprint density at radius 3 is 2.60 bits per heavy atom. The van der Waals surface area contributed by atoms with Crippen LogP contribution < -0.4 is 5.32 Å². The van der Waals surface area contributed by atoms with E-state index in [0.717, 1.165) is 25.4 Å². The number of hydrogen-bond acceptors (Lipinski definition) is 2. The van der Waals surface area contributed by atoms with Gasteiger partial charge < -0.3 is 5.32 Å². The number of carbonyl (C=O) groups excluding carboxylic acids is 1. The van der Waals surface area contributed by atoms with Crippen LogP contribution in [0.5, 0.6) is 0 Å². The van der Waals surface area contributed by atoms with Crippen LogP contribution in [0.4, 0.5) is 0 Å². The molecule has 2 aliphatic carbocycles. The van der Waals surface area contributed by atoms with Gasteiger partial charge in [0.25, 0.3) is 0 Å². The summed E-state index contributed by atoms with van der Waals surface area (Å²) in [6.45, 7) is 4.99. The summed E-state index contributed by atoms with van der Waals surface area (Å²) in [6.07, 6.45) is 6.24. The highest BCUT2D eigenvalue weighted by atomic mass is 16.2. The first kappa shape index (κ1) is 10.9. The summed E-state index contributed by atoms with van der Waals surface area (Å²) in [5.41, 5.74) is 0. The van der Waals surface area contributed by atoms with Crippen molar-refractivity contribution >= 4 is 5.91 Å². The molecule has 0 spiro atoms. The standard InChI is InChI=1S/C12H22N2O/c1-2-7-14(8-10-3-4-10)9-12(15)13-11-5-6-11/h10-11H,2-9H2,1H3,(H,13,15). The minimum absolute atomic E-state index is 0.228. The molecular formula is C12H22N2O. The van der Waals surface area contributed by atoms with E-state index in [-0.39, 0.29) is 5.91 Å². The van der Waals surface area contributed by atoms with Gasteiger partial charge in [-0.25, -0.2) is 0 Å². The van der Waals surface area contributed by atoms with Gasteiger partial charge in [-0.2, -0.15) is 0 Å². The first-order valence-corrected chi connectivity index (χ1v) is 6.29. The fourth-order valence-corrected chi connectivity index (χ4v) is 1.92. The zero-order valence-corrected chi connectivity index (χ0v) is 9.67. The molecule has 2 saturated carbocycles. The molecular weight excluding hydrogens is 188 g/mol. The maximum absolute atomic E-state index is 11.6. The van der Waals surface area contributed by atoms with Crippen molar-refractivity contribution in [3.63, 3.8) is 0 Å². The van der Waals surface area contributed by atoms with E-state index >= 15 is 0 Å². The van der Waals surface area contributed by atoms with Crippen molar-refractivity contribution in [2.45, 2.75) is 45.1 Å². The molecule has 86 valence electrons. The molecule has 15 heavy (non-hydrogen) atoms. The normalized spacial score (nSPS) is 20.7. The summed E-state index contributed by atoms with van der Waals surface area (Å²) >= 11 is 0. The van der Waals surface area contributed by atoms with E-state index in [1.807, 2.05) is 0 Å². The second-order valence-corrected chi connectivity index (χ2v) is 5.02. The maximum atomic E-state index is 11.6. The molecule has 0 bridgehead atoms. The quantitative estimate of drug-likeness (QED) is 0.688. The third kappa shape index (κ3) is 4.20. The average Bonchev–Trinajstić information content (AvgIpc) is 2.99. The lowest BCUT2D eigenvalue weighted by Crippen LogP contribution is -2.39. The molecule has 0 aromatic heterocycles. The van der Waals surface area contributed by atoms with Crippen molar-refractivity contribution in [1.29, 1.82) is 0 Å². The van der Waals surface area contributed by atoms with Crippen LogP contribution >= 0.6 is 0 Å². The van der Waals surface area contributed by atoms with Gasteiger partial charge in [-0.05, 0) is 44.6 Å². The third-order valence-electron chi connectivity index (χ3n) is 3.06. The van der Waals surface area contributed by atoms with Crippen molar-refractivity contribution < 1.29 is 4.79 Å². The van der Waals surface area contributed by atoms with Crippen LogP contribution in [0.2, 0.25) is 0 Å². The fraction of sp³-hybridized carbons (Fsp3) is 0.917. The predicted molar refractivity (Wildman–Crippen MR) is 60.6 cm³/mol. The molecule has 2 aliphatic rings. The molecule has 1 N–H and O–H groups in total. The predicted octanol–water partition coefficient (Wildman–Crippen LogP) is 1.39. The second kappa shape index (κ2) is 4.97. The highest BCUT2D eigenvalue weighted by Gasteiger charge is 2.27. The van der Waals surface area contributed by atoms with Gasteiger partial charge >= 0.3 is 0 Å². The van der Waals surface area contributed by atoms with Crippen molar-refractivity contribution in [2.24, 2.45) is 5.92 Å². The van der Waals surface area contributed by atoms with Gasteiger partial charge in [-0.15, -0.1) is 0 Å². The van der Waals surface area contributed by atoms with E-state index in [4.69, 9.17) is 0 Å². The van der Waals surface area contributed by atoms with Crippen molar-refractivity contribution in [3.05, 3.63) is 0 Å². The number of amides is 1. The molecule has 0 unspecified atom stereocenters. The fourth-order valence-electron chi connectivity index (χ4n) is 1.92. The summed E-state index contributed by atoms with van der Waals surface area (Å²) in [4.78, 5) is 13.9. The number of hydrogen-bond donors (Lipinski definition) is 1. The van der Waals surface area contributed by atoms with Crippen LogP contribution in [0.25, 0.3) is 0 Å². The summed E-state index contributed by atoms with van der Waals surface area (Å²) in [7, 11) is 0. The van der Waals surface area contributed by atoms with Crippen molar-refractivity contribution in [2.75, 3.05) is 19.6 Å². The van der Waals surface area contributed by atoms with Gasteiger partial charge in [0, 0.05) is 12.6 Å². The van der Waals surface area contributed by atoms with E-state index in [2.05, 4.69) is 17.1 Å². The molecule has 2 fully saturated rings. The molecule has 2 rings (SSSR count). The first-order valence-electron chi connectivity index (χ1n) is 6.29. The molecule has 1 amide bonds. The molecule has 0 aromatic rings. The Labute approximate surface area is 92.2 Å². The van der Waals surface area contributed by atoms with Crippen molar-refractivity contribution in [1.82, 2.24) is 10.2 Å². The number of carbonyl (C=O) groups is 1. The van der Waals surface area contributed by atoms with Gasteiger partial charge in [0.1, 0.15) is 0 Å². The molecule has 0 saturated heterocycles. The zero-order chi connectivity index (χ0) is 10.7. The highest BCUT2D eigenvalue weighted by Crippen LogP contribution is 2.29. The summed E-state index contributed by atoms with van der Waals surface area (Å²) in [6, 6.07) is 0.502. The highest BCUT2D eigenvalue weighted by molar-refractivity contribution is 5.78.